The first-order valence-electron chi connectivity index (χ1n) is 14.4. The SMILES string of the molecule is C=C/C=C(C=C)/C=C/c1cc(C(=O)O)c(C(C)=N)c(NC(Cc2ccccc2)c2ccc(Oc3cc(C)c(Cl)c(C)c3)cc2)n1. The van der Waals surface area contributed by atoms with Crippen LogP contribution in [0.3, 0.4) is 0 Å². The molecular weight excluding hydrogens is 582 g/mol. The number of carbonyl (C=O) groups is 1. The van der Waals surface area contributed by atoms with Gasteiger partial charge in [0, 0.05) is 10.7 Å². The van der Waals surface area contributed by atoms with Gasteiger partial charge in [-0.05, 0) is 91.4 Å². The Kier molecular flexibility index (Phi) is 10.9. The number of aromatic carboxylic acids is 1. The number of carboxylic acid groups (broad SMARTS) is 1. The van der Waals surface area contributed by atoms with E-state index in [-0.39, 0.29) is 22.9 Å². The molecule has 0 saturated carbocycles. The van der Waals surface area contributed by atoms with Crippen molar-refractivity contribution in [2.75, 3.05) is 5.32 Å². The van der Waals surface area contributed by atoms with E-state index in [4.69, 9.17) is 26.7 Å². The molecule has 0 spiro atoms. The van der Waals surface area contributed by atoms with Crippen molar-refractivity contribution >= 4 is 35.2 Å². The third-order valence-electron chi connectivity index (χ3n) is 7.16. The third kappa shape index (κ3) is 8.46. The Morgan fingerprint density at radius 3 is 2.29 bits per heavy atom. The minimum Gasteiger partial charge on any atom is -0.478 e. The second kappa shape index (κ2) is 15.0. The number of anilines is 1. The van der Waals surface area contributed by atoms with Crippen molar-refractivity contribution in [2.45, 2.75) is 33.2 Å². The molecule has 1 aromatic heterocycles. The van der Waals surface area contributed by atoms with Crippen LogP contribution in [0.2, 0.25) is 5.02 Å². The van der Waals surface area contributed by atoms with Gasteiger partial charge in [-0.15, -0.1) is 0 Å². The van der Waals surface area contributed by atoms with E-state index in [0.717, 1.165) is 32.8 Å². The molecular formula is C38H36ClN3O3. The Hall–Kier alpha value is -5.20. The summed E-state index contributed by atoms with van der Waals surface area (Å²) in [5, 5.41) is 22.8. The quantitative estimate of drug-likeness (QED) is 0.102. The molecule has 0 radical (unpaired) electrons. The van der Waals surface area contributed by atoms with E-state index < -0.39 is 5.97 Å². The van der Waals surface area contributed by atoms with Gasteiger partial charge in [0.25, 0.3) is 0 Å². The van der Waals surface area contributed by atoms with Crippen molar-refractivity contribution in [1.82, 2.24) is 4.98 Å². The van der Waals surface area contributed by atoms with Crippen molar-refractivity contribution in [3.8, 4) is 11.5 Å². The van der Waals surface area contributed by atoms with Gasteiger partial charge in [-0.3, -0.25) is 0 Å². The van der Waals surface area contributed by atoms with Crippen molar-refractivity contribution in [3.05, 3.63) is 160 Å². The Morgan fingerprint density at radius 1 is 1.04 bits per heavy atom. The predicted molar refractivity (Wildman–Crippen MR) is 185 cm³/mol. The summed E-state index contributed by atoms with van der Waals surface area (Å²) in [5.41, 5.74) is 5.42. The maximum absolute atomic E-state index is 12.4. The van der Waals surface area contributed by atoms with Gasteiger partial charge < -0.3 is 20.6 Å². The van der Waals surface area contributed by atoms with Crippen molar-refractivity contribution < 1.29 is 14.6 Å². The van der Waals surface area contributed by atoms with Crippen LogP contribution in [0.1, 0.15) is 56.8 Å². The number of nitrogens with one attached hydrogen (secondary N) is 2. The van der Waals surface area contributed by atoms with E-state index >= 15 is 0 Å². The van der Waals surface area contributed by atoms with Crippen LogP contribution >= 0.6 is 11.6 Å². The van der Waals surface area contributed by atoms with Crippen LogP contribution in [-0.4, -0.2) is 21.8 Å². The monoisotopic (exact) mass is 617 g/mol. The molecule has 4 aromatic rings. The minimum atomic E-state index is -1.14. The Morgan fingerprint density at radius 2 is 1.71 bits per heavy atom. The number of carboxylic acids is 1. The molecule has 0 bridgehead atoms. The van der Waals surface area contributed by atoms with E-state index in [1.807, 2.05) is 80.6 Å². The normalized spacial score (nSPS) is 12.0. The predicted octanol–water partition coefficient (Wildman–Crippen LogP) is 9.94. The maximum atomic E-state index is 12.4. The molecule has 0 saturated heterocycles. The highest BCUT2D eigenvalue weighted by atomic mass is 35.5. The van der Waals surface area contributed by atoms with E-state index in [9.17, 15) is 9.90 Å². The first-order chi connectivity index (χ1) is 21.6. The van der Waals surface area contributed by atoms with Crippen LogP contribution in [-0.2, 0) is 6.42 Å². The number of pyridine rings is 1. The molecule has 1 atom stereocenters. The number of hydrogen-bond acceptors (Lipinski definition) is 5. The number of aromatic nitrogens is 1. The molecule has 3 N–H and O–H groups in total. The lowest BCUT2D eigenvalue weighted by atomic mass is 9.97. The molecule has 6 nitrogen and oxygen atoms in total. The summed E-state index contributed by atoms with van der Waals surface area (Å²) in [6.07, 6.45) is 9.19. The summed E-state index contributed by atoms with van der Waals surface area (Å²) in [4.78, 5) is 17.2. The fraction of sp³-hybridized carbons (Fsp3) is 0.132. The van der Waals surface area contributed by atoms with Crippen LogP contribution < -0.4 is 10.1 Å². The lowest BCUT2D eigenvalue weighted by Crippen LogP contribution is -2.19. The lowest BCUT2D eigenvalue weighted by Gasteiger charge is -2.23. The highest BCUT2D eigenvalue weighted by molar-refractivity contribution is 6.32. The van der Waals surface area contributed by atoms with Crippen molar-refractivity contribution in [3.63, 3.8) is 0 Å². The van der Waals surface area contributed by atoms with E-state index in [1.54, 1.807) is 37.3 Å². The summed E-state index contributed by atoms with van der Waals surface area (Å²) in [6, 6.07) is 22.7. The molecule has 228 valence electrons. The zero-order valence-electron chi connectivity index (χ0n) is 25.6. The van der Waals surface area contributed by atoms with Crippen LogP contribution in [0.5, 0.6) is 11.5 Å². The number of halogens is 1. The Bertz CT molecular complexity index is 1770. The van der Waals surface area contributed by atoms with Gasteiger partial charge in [0.2, 0.25) is 0 Å². The Balaban J connectivity index is 1.75. The van der Waals surface area contributed by atoms with Gasteiger partial charge in [-0.1, -0.05) is 91.5 Å². The molecule has 4 rings (SSSR count). The standard InChI is InChI=1S/C38H36ClN3O3/c1-6-11-27(7-2)14-17-30-23-33(38(43)44)35(26(5)40)37(41-30)42-34(22-28-12-9-8-10-13-28)29-15-18-31(19-16-29)45-32-20-24(3)36(39)25(4)21-32/h6-21,23,34,40H,1-2,22H2,3-5H3,(H,41,42)(H,43,44)/b17-14+,27-11+,40-26?. The van der Waals surface area contributed by atoms with Crippen molar-refractivity contribution in [1.29, 1.82) is 5.41 Å². The molecule has 1 unspecified atom stereocenters. The second-order valence-electron chi connectivity index (χ2n) is 10.6. The van der Waals surface area contributed by atoms with Crippen LogP contribution in [0.15, 0.2) is 116 Å². The summed E-state index contributed by atoms with van der Waals surface area (Å²) in [7, 11) is 0. The van der Waals surface area contributed by atoms with E-state index in [1.165, 1.54) is 6.07 Å². The third-order valence-corrected chi connectivity index (χ3v) is 7.76. The number of aryl methyl sites for hydroxylation is 2. The number of nitrogens with zero attached hydrogens (tertiary/aromatic N) is 1. The molecule has 0 aliphatic rings. The minimum absolute atomic E-state index is 0.0109. The number of hydrogen-bond donors (Lipinski definition) is 3. The molecule has 45 heavy (non-hydrogen) atoms. The van der Waals surface area contributed by atoms with Gasteiger partial charge in [-0.25, -0.2) is 9.78 Å². The fourth-order valence-corrected chi connectivity index (χ4v) is 5.06. The van der Waals surface area contributed by atoms with E-state index in [0.29, 0.717) is 29.4 Å². The van der Waals surface area contributed by atoms with Crippen LogP contribution in [0, 0.1) is 19.3 Å². The van der Waals surface area contributed by atoms with Gasteiger partial charge in [0.05, 0.1) is 22.9 Å². The molecule has 0 aliphatic carbocycles. The van der Waals surface area contributed by atoms with Gasteiger partial charge in [-0.2, -0.15) is 0 Å². The zero-order chi connectivity index (χ0) is 32.5. The summed E-state index contributed by atoms with van der Waals surface area (Å²) < 4.78 is 6.14. The largest absolute Gasteiger partial charge is 0.478 e. The average molecular weight is 618 g/mol. The van der Waals surface area contributed by atoms with E-state index in [2.05, 4.69) is 18.5 Å². The highest BCUT2D eigenvalue weighted by Crippen LogP contribution is 2.32. The average Bonchev–Trinajstić information content (AvgIpc) is 3.02. The number of rotatable bonds is 13. The smallest absolute Gasteiger partial charge is 0.336 e. The molecule has 0 fully saturated rings. The molecule has 0 aliphatic heterocycles. The molecule has 1 heterocycles. The number of ether oxygens (including phenoxy) is 1. The maximum Gasteiger partial charge on any atom is 0.336 e. The molecule has 0 amide bonds. The van der Waals surface area contributed by atoms with Crippen LogP contribution in [0.25, 0.3) is 6.08 Å². The summed E-state index contributed by atoms with van der Waals surface area (Å²) in [5.74, 6) is 0.530. The lowest BCUT2D eigenvalue weighted by molar-refractivity contribution is 0.0696. The summed E-state index contributed by atoms with van der Waals surface area (Å²) in [6.45, 7) is 13.0. The molecule has 3 aromatic carbocycles. The number of benzene rings is 3. The molecule has 7 heteroatoms. The zero-order valence-corrected chi connectivity index (χ0v) is 26.4. The van der Waals surface area contributed by atoms with Gasteiger partial charge >= 0.3 is 5.97 Å². The Labute approximate surface area is 269 Å². The fourth-order valence-electron chi connectivity index (χ4n) is 4.95. The highest BCUT2D eigenvalue weighted by Gasteiger charge is 2.22. The number of allylic oxidation sites excluding steroid dienone is 5. The first kappa shape index (κ1) is 32.7. The van der Waals surface area contributed by atoms with Gasteiger partial charge in [0.15, 0.2) is 0 Å². The van der Waals surface area contributed by atoms with Crippen LogP contribution in [0.4, 0.5) is 5.82 Å². The summed E-state index contributed by atoms with van der Waals surface area (Å²) >= 11 is 6.33. The first-order valence-corrected chi connectivity index (χ1v) is 14.8. The topological polar surface area (TPSA) is 95.3 Å². The van der Waals surface area contributed by atoms with Crippen molar-refractivity contribution in [2.24, 2.45) is 0 Å². The second-order valence-corrected chi connectivity index (χ2v) is 11.0. The van der Waals surface area contributed by atoms with Gasteiger partial charge in [0.1, 0.15) is 17.3 Å².